The zero-order valence-corrected chi connectivity index (χ0v) is 7.82. The second kappa shape index (κ2) is 3.78. The number of benzene rings is 1. The molecular formula is C11H12FNO. The Balaban J connectivity index is 2.17. The highest BCUT2D eigenvalue weighted by Crippen LogP contribution is 2.30. The van der Waals surface area contributed by atoms with Crippen molar-refractivity contribution in [1.29, 1.82) is 0 Å². The second-order valence-electron chi connectivity index (χ2n) is 3.54. The Bertz CT molecular complexity index is 319. The van der Waals surface area contributed by atoms with Crippen molar-refractivity contribution < 1.29 is 9.18 Å². The first-order chi connectivity index (χ1) is 6.85. The highest BCUT2D eigenvalue weighted by Gasteiger charge is 2.28. The normalized spacial score (nSPS) is 15.2. The lowest BCUT2D eigenvalue weighted by molar-refractivity contribution is -0.107. The maximum Gasteiger partial charge on any atom is 0.214 e. The third kappa shape index (κ3) is 1.76. The summed E-state index contributed by atoms with van der Waals surface area (Å²) in [5.74, 6) is 0. The van der Waals surface area contributed by atoms with E-state index >= 15 is 0 Å². The van der Waals surface area contributed by atoms with Crippen LogP contribution in [0.3, 0.4) is 0 Å². The summed E-state index contributed by atoms with van der Waals surface area (Å²) >= 11 is 0. The SMILES string of the molecule is O=CN(c1ccc(CF)cc1)C1CC1. The van der Waals surface area contributed by atoms with Crippen molar-refractivity contribution in [3.05, 3.63) is 29.8 Å². The molecule has 74 valence electrons. The van der Waals surface area contributed by atoms with Gasteiger partial charge in [-0.3, -0.25) is 4.79 Å². The monoisotopic (exact) mass is 193 g/mol. The molecule has 0 N–H and O–H groups in total. The predicted molar refractivity (Wildman–Crippen MR) is 52.8 cm³/mol. The molecule has 1 saturated carbocycles. The van der Waals surface area contributed by atoms with Gasteiger partial charge in [-0.05, 0) is 30.5 Å². The summed E-state index contributed by atoms with van der Waals surface area (Å²) < 4.78 is 12.2. The lowest BCUT2D eigenvalue weighted by atomic mass is 10.2. The van der Waals surface area contributed by atoms with Crippen LogP contribution in [0.2, 0.25) is 0 Å². The number of anilines is 1. The van der Waals surface area contributed by atoms with Gasteiger partial charge < -0.3 is 4.90 Å². The van der Waals surface area contributed by atoms with Crippen LogP contribution in [-0.4, -0.2) is 12.5 Å². The van der Waals surface area contributed by atoms with Gasteiger partial charge >= 0.3 is 0 Å². The number of hydrogen-bond donors (Lipinski definition) is 0. The van der Waals surface area contributed by atoms with Crippen molar-refractivity contribution in [3.63, 3.8) is 0 Å². The Morgan fingerprint density at radius 3 is 2.43 bits per heavy atom. The summed E-state index contributed by atoms with van der Waals surface area (Å²) in [6.07, 6.45) is 3.00. The molecule has 1 aromatic rings. The van der Waals surface area contributed by atoms with Crippen LogP contribution < -0.4 is 4.90 Å². The van der Waals surface area contributed by atoms with Crippen LogP contribution in [0.25, 0.3) is 0 Å². The molecule has 0 aromatic heterocycles. The van der Waals surface area contributed by atoms with Crippen molar-refractivity contribution in [2.24, 2.45) is 0 Å². The van der Waals surface area contributed by atoms with Gasteiger partial charge in [0.2, 0.25) is 6.41 Å². The minimum absolute atomic E-state index is 0.365. The summed E-state index contributed by atoms with van der Waals surface area (Å²) in [6.45, 7) is -0.454. The first-order valence-corrected chi connectivity index (χ1v) is 4.73. The number of rotatable bonds is 4. The Labute approximate surface area is 82.3 Å². The van der Waals surface area contributed by atoms with Crippen LogP contribution in [0.1, 0.15) is 18.4 Å². The molecule has 0 atom stereocenters. The first kappa shape index (κ1) is 9.19. The summed E-state index contributed by atoms with van der Waals surface area (Å²) in [5.41, 5.74) is 1.51. The number of carbonyl (C=O) groups excluding carboxylic acids is 1. The van der Waals surface area contributed by atoms with E-state index in [0.717, 1.165) is 24.9 Å². The molecule has 1 aromatic carbocycles. The Hall–Kier alpha value is -1.38. The summed E-state index contributed by atoms with van der Waals surface area (Å²) in [6, 6.07) is 7.38. The fourth-order valence-corrected chi connectivity index (χ4v) is 1.47. The van der Waals surface area contributed by atoms with E-state index in [4.69, 9.17) is 0 Å². The van der Waals surface area contributed by atoms with Gasteiger partial charge in [0.15, 0.2) is 0 Å². The molecule has 1 amide bonds. The minimum atomic E-state index is -0.454. The van der Waals surface area contributed by atoms with E-state index in [0.29, 0.717) is 11.6 Å². The van der Waals surface area contributed by atoms with E-state index in [9.17, 15) is 9.18 Å². The van der Waals surface area contributed by atoms with Gasteiger partial charge in [0.05, 0.1) is 0 Å². The van der Waals surface area contributed by atoms with Crippen molar-refractivity contribution in [1.82, 2.24) is 0 Å². The van der Waals surface area contributed by atoms with Gasteiger partial charge in [-0.2, -0.15) is 0 Å². The van der Waals surface area contributed by atoms with Crippen LogP contribution in [0.5, 0.6) is 0 Å². The molecule has 0 aliphatic heterocycles. The van der Waals surface area contributed by atoms with Gasteiger partial charge in [0.25, 0.3) is 0 Å². The van der Waals surface area contributed by atoms with Crippen molar-refractivity contribution in [2.75, 3.05) is 4.90 Å². The quantitative estimate of drug-likeness (QED) is 0.672. The molecule has 14 heavy (non-hydrogen) atoms. The Kier molecular flexibility index (Phi) is 2.48. The Morgan fingerprint density at radius 2 is 2.00 bits per heavy atom. The third-order valence-corrected chi connectivity index (χ3v) is 2.44. The molecule has 2 nitrogen and oxygen atoms in total. The zero-order valence-electron chi connectivity index (χ0n) is 7.82. The lowest BCUT2D eigenvalue weighted by Crippen LogP contribution is -2.23. The van der Waals surface area contributed by atoms with Gasteiger partial charge in [-0.15, -0.1) is 0 Å². The number of nitrogens with zero attached hydrogens (tertiary/aromatic N) is 1. The summed E-state index contributed by atoms with van der Waals surface area (Å²) in [4.78, 5) is 12.5. The highest BCUT2D eigenvalue weighted by molar-refractivity contribution is 5.76. The zero-order chi connectivity index (χ0) is 9.97. The number of alkyl halides is 1. The van der Waals surface area contributed by atoms with E-state index in [2.05, 4.69) is 0 Å². The smallest absolute Gasteiger partial charge is 0.214 e. The fraction of sp³-hybridized carbons (Fsp3) is 0.364. The average molecular weight is 193 g/mol. The highest BCUT2D eigenvalue weighted by atomic mass is 19.1. The van der Waals surface area contributed by atoms with Gasteiger partial charge in [0.1, 0.15) is 6.67 Å². The van der Waals surface area contributed by atoms with E-state index < -0.39 is 6.67 Å². The standard InChI is InChI=1S/C11H12FNO/c12-7-9-1-3-10(4-2-9)13(8-14)11-5-6-11/h1-4,8,11H,5-7H2. The van der Waals surface area contributed by atoms with E-state index in [1.165, 1.54) is 0 Å². The van der Waals surface area contributed by atoms with Crippen LogP contribution in [0.4, 0.5) is 10.1 Å². The minimum Gasteiger partial charge on any atom is -0.312 e. The third-order valence-electron chi connectivity index (χ3n) is 2.44. The number of carbonyl (C=O) groups is 1. The predicted octanol–water partition coefficient (Wildman–Crippen LogP) is 2.28. The molecule has 0 unspecified atom stereocenters. The fourth-order valence-electron chi connectivity index (χ4n) is 1.47. The molecule has 0 radical (unpaired) electrons. The maximum atomic E-state index is 12.2. The molecular weight excluding hydrogens is 181 g/mol. The molecule has 1 aliphatic carbocycles. The first-order valence-electron chi connectivity index (χ1n) is 4.73. The summed E-state index contributed by atoms with van der Waals surface area (Å²) in [5, 5.41) is 0. The topological polar surface area (TPSA) is 20.3 Å². The van der Waals surface area contributed by atoms with Crippen LogP contribution in [-0.2, 0) is 11.5 Å². The molecule has 0 saturated heterocycles. The van der Waals surface area contributed by atoms with Crippen LogP contribution in [0, 0.1) is 0 Å². The molecule has 2 rings (SSSR count). The number of amides is 1. The molecule has 0 spiro atoms. The molecule has 1 aliphatic rings. The largest absolute Gasteiger partial charge is 0.312 e. The molecule has 0 bridgehead atoms. The average Bonchev–Trinajstić information content (AvgIpc) is 3.04. The van der Waals surface area contributed by atoms with E-state index in [1.54, 1.807) is 29.2 Å². The van der Waals surface area contributed by atoms with Gasteiger partial charge in [0, 0.05) is 11.7 Å². The Morgan fingerprint density at radius 1 is 1.36 bits per heavy atom. The van der Waals surface area contributed by atoms with Crippen molar-refractivity contribution in [3.8, 4) is 0 Å². The molecule has 1 fully saturated rings. The number of hydrogen-bond acceptors (Lipinski definition) is 1. The molecule has 3 heteroatoms. The maximum absolute atomic E-state index is 12.2. The van der Waals surface area contributed by atoms with Gasteiger partial charge in [-0.25, -0.2) is 4.39 Å². The van der Waals surface area contributed by atoms with E-state index in [-0.39, 0.29) is 0 Å². The van der Waals surface area contributed by atoms with Crippen LogP contribution in [0.15, 0.2) is 24.3 Å². The molecule has 0 heterocycles. The number of halogens is 1. The van der Waals surface area contributed by atoms with Gasteiger partial charge in [-0.1, -0.05) is 12.1 Å². The van der Waals surface area contributed by atoms with Crippen molar-refractivity contribution >= 4 is 12.1 Å². The van der Waals surface area contributed by atoms with E-state index in [1.807, 2.05) is 0 Å². The lowest BCUT2D eigenvalue weighted by Gasteiger charge is -2.16. The second-order valence-corrected chi connectivity index (χ2v) is 3.54. The van der Waals surface area contributed by atoms with Crippen LogP contribution >= 0.6 is 0 Å². The van der Waals surface area contributed by atoms with Crippen molar-refractivity contribution in [2.45, 2.75) is 25.6 Å². The summed E-state index contributed by atoms with van der Waals surface area (Å²) in [7, 11) is 0.